The lowest BCUT2D eigenvalue weighted by Gasteiger charge is -2.09. The van der Waals surface area contributed by atoms with Crippen molar-refractivity contribution in [2.75, 3.05) is 11.5 Å². The van der Waals surface area contributed by atoms with E-state index in [4.69, 9.17) is 0 Å². The summed E-state index contributed by atoms with van der Waals surface area (Å²) in [5.41, 5.74) is 1.14. The number of nitrogens with one attached hydrogen (secondary N) is 1. The van der Waals surface area contributed by atoms with E-state index in [0.717, 1.165) is 5.69 Å². The quantitative estimate of drug-likeness (QED) is 0.848. The first-order valence-corrected chi connectivity index (χ1v) is 8.12. The molecule has 1 fully saturated rings. The molecule has 100 valence electrons. The molecule has 2 heterocycles. The Hall–Kier alpha value is -0.890. The van der Waals surface area contributed by atoms with E-state index < -0.39 is 9.84 Å². The predicted octanol–water partition coefficient (Wildman–Crippen LogP) is 0.408. The van der Waals surface area contributed by atoms with Gasteiger partial charge < -0.3 is 5.32 Å². The molecule has 0 saturated carbocycles. The molecule has 0 spiro atoms. The Kier molecular flexibility index (Phi) is 3.50. The minimum atomic E-state index is -2.99. The van der Waals surface area contributed by atoms with E-state index in [1.807, 2.05) is 6.92 Å². The molecule has 6 nitrogen and oxygen atoms in total. The van der Waals surface area contributed by atoms with Gasteiger partial charge in [0.25, 0.3) is 5.91 Å². The summed E-state index contributed by atoms with van der Waals surface area (Å²) in [4.78, 5) is 12.0. The third-order valence-electron chi connectivity index (χ3n) is 3.04. The lowest BCUT2D eigenvalue weighted by molar-refractivity contribution is 0.0934. The molecule has 0 aliphatic carbocycles. The number of halogens is 1. The van der Waals surface area contributed by atoms with Crippen LogP contribution in [-0.2, 0) is 16.9 Å². The van der Waals surface area contributed by atoms with Gasteiger partial charge >= 0.3 is 0 Å². The highest BCUT2D eigenvalue weighted by atomic mass is 79.9. The second-order valence-electron chi connectivity index (χ2n) is 4.45. The zero-order valence-electron chi connectivity index (χ0n) is 10.1. The number of nitrogens with zero attached hydrogens (tertiary/aromatic N) is 2. The molecule has 1 amide bonds. The molecule has 2 rings (SSSR count). The minimum Gasteiger partial charge on any atom is -0.347 e. The van der Waals surface area contributed by atoms with Gasteiger partial charge in [0.1, 0.15) is 0 Å². The van der Waals surface area contributed by atoms with Crippen LogP contribution < -0.4 is 5.32 Å². The standard InChI is InChI=1S/C10H14BrN3O3S/c1-6-8(11)9(13-14(6)2)10(15)12-7-3-4-18(16,17)5-7/h7H,3-5H2,1-2H3,(H,12,15). The van der Waals surface area contributed by atoms with Gasteiger partial charge in [0, 0.05) is 13.1 Å². The van der Waals surface area contributed by atoms with Gasteiger partial charge in [-0.15, -0.1) is 0 Å². The molecule has 0 radical (unpaired) electrons. The van der Waals surface area contributed by atoms with Gasteiger partial charge in [0.2, 0.25) is 0 Å². The van der Waals surface area contributed by atoms with Crippen LogP contribution >= 0.6 is 15.9 Å². The number of hydrogen-bond donors (Lipinski definition) is 1. The zero-order valence-corrected chi connectivity index (χ0v) is 12.5. The maximum Gasteiger partial charge on any atom is 0.273 e. The fourth-order valence-corrected chi connectivity index (χ4v) is 4.08. The first kappa shape index (κ1) is 13.5. The minimum absolute atomic E-state index is 0.0160. The Morgan fingerprint density at radius 1 is 1.56 bits per heavy atom. The molecule has 18 heavy (non-hydrogen) atoms. The number of carbonyl (C=O) groups excluding carboxylic acids is 1. The SMILES string of the molecule is Cc1c(Br)c(C(=O)NC2CCS(=O)(=O)C2)nn1C. The first-order chi connectivity index (χ1) is 8.30. The van der Waals surface area contributed by atoms with Crippen molar-refractivity contribution in [2.45, 2.75) is 19.4 Å². The van der Waals surface area contributed by atoms with Crippen molar-refractivity contribution < 1.29 is 13.2 Å². The molecule has 0 bridgehead atoms. The van der Waals surface area contributed by atoms with Gasteiger partial charge in [-0.05, 0) is 29.3 Å². The average Bonchev–Trinajstić information content (AvgIpc) is 2.73. The Morgan fingerprint density at radius 2 is 2.22 bits per heavy atom. The van der Waals surface area contributed by atoms with Crippen LogP contribution in [0.2, 0.25) is 0 Å². The second-order valence-corrected chi connectivity index (χ2v) is 7.47. The highest BCUT2D eigenvalue weighted by molar-refractivity contribution is 9.10. The van der Waals surface area contributed by atoms with E-state index in [0.29, 0.717) is 16.6 Å². The summed E-state index contributed by atoms with van der Waals surface area (Å²) < 4.78 is 24.9. The summed E-state index contributed by atoms with van der Waals surface area (Å²) in [7, 11) is -1.24. The highest BCUT2D eigenvalue weighted by Crippen LogP contribution is 2.20. The summed E-state index contributed by atoms with van der Waals surface area (Å²) in [6, 6.07) is -0.309. The fourth-order valence-electron chi connectivity index (χ4n) is 1.89. The molecule has 1 saturated heterocycles. The average molecular weight is 336 g/mol. The Morgan fingerprint density at radius 3 is 2.67 bits per heavy atom. The molecule has 1 atom stereocenters. The third-order valence-corrected chi connectivity index (χ3v) is 5.76. The molecule has 1 aliphatic rings. The van der Waals surface area contributed by atoms with Crippen molar-refractivity contribution in [3.05, 3.63) is 15.9 Å². The summed E-state index contributed by atoms with van der Waals surface area (Å²) in [6.07, 6.45) is 0.470. The molecule has 1 aliphatic heterocycles. The first-order valence-electron chi connectivity index (χ1n) is 5.50. The number of aromatic nitrogens is 2. The molecule has 1 aromatic heterocycles. The zero-order chi connectivity index (χ0) is 13.5. The largest absolute Gasteiger partial charge is 0.347 e. The summed E-state index contributed by atoms with van der Waals surface area (Å²) in [5.74, 6) is -0.185. The van der Waals surface area contributed by atoms with Crippen LogP contribution in [0.25, 0.3) is 0 Å². The molecule has 1 aromatic rings. The lowest BCUT2D eigenvalue weighted by atomic mass is 10.2. The van der Waals surface area contributed by atoms with E-state index >= 15 is 0 Å². The molecule has 1 unspecified atom stereocenters. The van der Waals surface area contributed by atoms with E-state index in [1.165, 1.54) is 0 Å². The fraction of sp³-hybridized carbons (Fsp3) is 0.600. The smallest absolute Gasteiger partial charge is 0.273 e. The van der Waals surface area contributed by atoms with E-state index in [-0.39, 0.29) is 23.5 Å². The maximum atomic E-state index is 12.0. The lowest BCUT2D eigenvalue weighted by Crippen LogP contribution is -2.36. The van der Waals surface area contributed by atoms with Crippen molar-refractivity contribution >= 4 is 31.7 Å². The van der Waals surface area contributed by atoms with E-state index in [9.17, 15) is 13.2 Å². The van der Waals surface area contributed by atoms with Crippen molar-refractivity contribution in [2.24, 2.45) is 7.05 Å². The van der Waals surface area contributed by atoms with Crippen LogP contribution in [0.5, 0.6) is 0 Å². The molecular weight excluding hydrogens is 322 g/mol. The van der Waals surface area contributed by atoms with Crippen molar-refractivity contribution in [3.63, 3.8) is 0 Å². The summed E-state index contributed by atoms with van der Waals surface area (Å²) in [5, 5.41) is 6.80. The monoisotopic (exact) mass is 335 g/mol. The number of hydrogen-bond acceptors (Lipinski definition) is 4. The number of carbonyl (C=O) groups is 1. The normalized spacial score (nSPS) is 22.1. The van der Waals surface area contributed by atoms with Gasteiger partial charge in [0.05, 0.1) is 21.7 Å². The topological polar surface area (TPSA) is 81.1 Å². The predicted molar refractivity (Wildman–Crippen MR) is 70.2 cm³/mol. The van der Waals surface area contributed by atoms with Crippen molar-refractivity contribution in [3.8, 4) is 0 Å². The third kappa shape index (κ3) is 2.59. The number of aryl methyl sites for hydroxylation is 1. The van der Waals surface area contributed by atoms with E-state index in [1.54, 1.807) is 11.7 Å². The van der Waals surface area contributed by atoms with Crippen LogP contribution in [0.4, 0.5) is 0 Å². The highest BCUT2D eigenvalue weighted by Gasteiger charge is 2.30. The van der Waals surface area contributed by atoms with Gasteiger partial charge in [-0.1, -0.05) is 0 Å². The van der Waals surface area contributed by atoms with Crippen LogP contribution in [-0.4, -0.2) is 41.7 Å². The van der Waals surface area contributed by atoms with Gasteiger partial charge in [-0.3, -0.25) is 9.48 Å². The van der Waals surface area contributed by atoms with E-state index in [2.05, 4.69) is 26.3 Å². The molecule has 1 N–H and O–H groups in total. The van der Waals surface area contributed by atoms with Crippen LogP contribution in [0.15, 0.2) is 4.47 Å². The van der Waals surface area contributed by atoms with Gasteiger partial charge in [-0.25, -0.2) is 8.42 Å². The number of amides is 1. The summed E-state index contributed by atoms with van der Waals surface area (Å²) in [6.45, 7) is 1.84. The molecular formula is C10H14BrN3O3S. The van der Waals surface area contributed by atoms with Crippen LogP contribution in [0, 0.1) is 6.92 Å². The van der Waals surface area contributed by atoms with Crippen LogP contribution in [0.3, 0.4) is 0 Å². The summed E-state index contributed by atoms with van der Waals surface area (Å²) >= 11 is 3.31. The number of sulfone groups is 1. The van der Waals surface area contributed by atoms with Crippen molar-refractivity contribution in [1.29, 1.82) is 0 Å². The van der Waals surface area contributed by atoms with Crippen molar-refractivity contribution in [1.82, 2.24) is 15.1 Å². The number of rotatable bonds is 2. The molecule has 8 heteroatoms. The molecule has 0 aromatic carbocycles. The second kappa shape index (κ2) is 4.65. The van der Waals surface area contributed by atoms with Crippen LogP contribution in [0.1, 0.15) is 22.6 Å². The Bertz CT molecular complexity index is 594. The maximum absolute atomic E-state index is 12.0. The van der Waals surface area contributed by atoms with Gasteiger partial charge in [0.15, 0.2) is 15.5 Å². The van der Waals surface area contributed by atoms with Gasteiger partial charge in [-0.2, -0.15) is 5.10 Å². The Labute approximate surface area is 114 Å². The Balaban J connectivity index is 2.11.